The molecule has 0 saturated heterocycles. The summed E-state index contributed by atoms with van der Waals surface area (Å²) in [6.45, 7) is 8.48. The molecular formula is C9H20O. The molecule has 0 bridgehead atoms. The minimum Gasteiger partial charge on any atom is -0.393 e. The molecule has 0 rings (SSSR count). The van der Waals surface area contributed by atoms with Crippen LogP contribution in [0.2, 0.25) is 0 Å². The van der Waals surface area contributed by atoms with Crippen LogP contribution >= 0.6 is 0 Å². The van der Waals surface area contributed by atoms with Gasteiger partial charge >= 0.3 is 0 Å². The lowest BCUT2D eigenvalue weighted by atomic mass is 9.95. The lowest BCUT2D eigenvalue weighted by molar-refractivity contribution is 0.0993. The van der Waals surface area contributed by atoms with Gasteiger partial charge in [0.15, 0.2) is 0 Å². The molecule has 10 heavy (non-hydrogen) atoms. The third-order valence-corrected chi connectivity index (χ3v) is 2.11. The van der Waals surface area contributed by atoms with Gasteiger partial charge in [-0.15, -0.1) is 0 Å². The summed E-state index contributed by atoms with van der Waals surface area (Å²) in [7, 11) is 0. The smallest absolute Gasteiger partial charge is 0.0565 e. The molecule has 0 aromatic rings. The van der Waals surface area contributed by atoms with E-state index < -0.39 is 0 Å². The van der Waals surface area contributed by atoms with E-state index in [4.69, 9.17) is 0 Å². The number of aliphatic hydroxyl groups excluding tert-OH is 1. The largest absolute Gasteiger partial charge is 0.393 e. The third-order valence-electron chi connectivity index (χ3n) is 2.11. The van der Waals surface area contributed by atoms with E-state index in [1.807, 2.05) is 0 Å². The van der Waals surface area contributed by atoms with E-state index in [-0.39, 0.29) is 6.10 Å². The minimum atomic E-state index is -0.102. The van der Waals surface area contributed by atoms with Crippen molar-refractivity contribution in [2.45, 2.75) is 46.6 Å². The maximum Gasteiger partial charge on any atom is 0.0565 e. The Morgan fingerprint density at radius 3 is 2.00 bits per heavy atom. The average molecular weight is 144 g/mol. The second kappa shape index (κ2) is 4.73. The molecule has 1 heteroatoms. The van der Waals surface area contributed by atoms with E-state index in [0.717, 1.165) is 6.42 Å². The normalized spacial score (nSPS) is 17.4. The predicted octanol–water partition coefficient (Wildman–Crippen LogP) is 2.44. The molecule has 0 radical (unpaired) electrons. The quantitative estimate of drug-likeness (QED) is 0.642. The van der Waals surface area contributed by atoms with Crippen LogP contribution in [0.3, 0.4) is 0 Å². The summed E-state index contributed by atoms with van der Waals surface area (Å²) >= 11 is 0. The molecule has 0 aliphatic rings. The molecule has 0 aromatic heterocycles. The Labute approximate surface area is 64.5 Å². The Morgan fingerprint density at radius 2 is 1.70 bits per heavy atom. The van der Waals surface area contributed by atoms with Gasteiger partial charge in [0.25, 0.3) is 0 Å². The van der Waals surface area contributed by atoms with Crippen LogP contribution < -0.4 is 0 Å². The van der Waals surface area contributed by atoms with Crippen molar-refractivity contribution in [1.82, 2.24) is 0 Å². The third kappa shape index (κ3) is 3.89. The van der Waals surface area contributed by atoms with E-state index in [1.165, 1.54) is 6.42 Å². The first-order valence-corrected chi connectivity index (χ1v) is 4.26. The van der Waals surface area contributed by atoms with Gasteiger partial charge in [-0.05, 0) is 18.3 Å². The van der Waals surface area contributed by atoms with Gasteiger partial charge in [-0.2, -0.15) is 0 Å². The molecule has 1 nitrogen and oxygen atoms in total. The van der Waals surface area contributed by atoms with E-state index in [1.54, 1.807) is 0 Å². The molecule has 0 fully saturated rings. The highest BCUT2D eigenvalue weighted by Gasteiger charge is 2.11. The minimum absolute atomic E-state index is 0.102. The molecule has 1 N–H and O–H groups in total. The van der Waals surface area contributed by atoms with Gasteiger partial charge in [0.05, 0.1) is 6.10 Å². The van der Waals surface area contributed by atoms with Crippen LogP contribution in [0.1, 0.15) is 40.5 Å². The van der Waals surface area contributed by atoms with Crippen molar-refractivity contribution < 1.29 is 5.11 Å². The highest BCUT2D eigenvalue weighted by atomic mass is 16.3. The van der Waals surface area contributed by atoms with Gasteiger partial charge < -0.3 is 5.11 Å². The van der Waals surface area contributed by atoms with Crippen molar-refractivity contribution >= 4 is 0 Å². The van der Waals surface area contributed by atoms with Crippen molar-refractivity contribution in [3.8, 4) is 0 Å². The Hall–Kier alpha value is -0.0400. The first kappa shape index (κ1) is 9.96. The summed E-state index contributed by atoms with van der Waals surface area (Å²) in [5.74, 6) is 1.08. The molecule has 0 aliphatic carbocycles. The molecule has 0 amide bonds. The highest BCUT2D eigenvalue weighted by Crippen LogP contribution is 2.14. The van der Waals surface area contributed by atoms with E-state index in [9.17, 15) is 5.11 Å². The summed E-state index contributed by atoms with van der Waals surface area (Å²) in [6.07, 6.45) is 2.02. The van der Waals surface area contributed by atoms with Gasteiger partial charge in [0, 0.05) is 0 Å². The van der Waals surface area contributed by atoms with Crippen LogP contribution in [0.5, 0.6) is 0 Å². The van der Waals surface area contributed by atoms with Gasteiger partial charge in [0.1, 0.15) is 0 Å². The summed E-state index contributed by atoms with van der Waals surface area (Å²) in [4.78, 5) is 0. The molecule has 0 aromatic carbocycles. The molecule has 1 unspecified atom stereocenters. The van der Waals surface area contributed by atoms with Crippen LogP contribution in [0, 0.1) is 11.8 Å². The van der Waals surface area contributed by atoms with Crippen molar-refractivity contribution in [3.05, 3.63) is 0 Å². The lowest BCUT2D eigenvalue weighted by Crippen LogP contribution is -2.17. The molecule has 0 heterocycles. The maximum absolute atomic E-state index is 9.43. The number of hydrogen-bond acceptors (Lipinski definition) is 1. The summed E-state index contributed by atoms with van der Waals surface area (Å²) in [5, 5.41) is 9.43. The molecule has 0 saturated carbocycles. The van der Waals surface area contributed by atoms with E-state index >= 15 is 0 Å². The Kier molecular flexibility index (Phi) is 4.71. The molecular weight excluding hydrogens is 124 g/mol. The fraction of sp³-hybridized carbons (Fsp3) is 1.00. The van der Waals surface area contributed by atoms with Gasteiger partial charge in [-0.3, -0.25) is 0 Å². The number of aliphatic hydroxyl groups is 1. The zero-order chi connectivity index (χ0) is 8.15. The summed E-state index contributed by atoms with van der Waals surface area (Å²) in [5.41, 5.74) is 0. The standard InChI is InChI=1S/C9H20O/c1-5-8(4)6-9(10)7(2)3/h7-10H,5-6H2,1-4H3/t8-,9?/m1/s1. The fourth-order valence-corrected chi connectivity index (χ4v) is 0.851. The van der Waals surface area contributed by atoms with Gasteiger partial charge in [-0.1, -0.05) is 34.1 Å². The SMILES string of the molecule is CC[C@@H](C)CC(O)C(C)C. The molecule has 62 valence electrons. The molecule has 0 aliphatic heterocycles. The lowest BCUT2D eigenvalue weighted by Gasteiger charge is -2.17. The van der Waals surface area contributed by atoms with Crippen molar-refractivity contribution in [3.63, 3.8) is 0 Å². The van der Waals surface area contributed by atoms with E-state index in [2.05, 4.69) is 27.7 Å². The van der Waals surface area contributed by atoms with Crippen LogP contribution in [0.15, 0.2) is 0 Å². The topological polar surface area (TPSA) is 20.2 Å². The van der Waals surface area contributed by atoms with E-state index in [0.29, 0.717) is 11.8 Å². The van der Waals surface area contributed by atoms with Crippen molar-refractivity contribution in [1.29, 1.82) is 0 Å². The van der Waals surface area contributed by atoms with Crippen molar-refractivity contribution in [2.24, 2.45) is 11.8 Å². The fourth-order valence-electron chi connectivity index (χ4n) is 0.851. The summed E-state index contributed by atoms with van der Waals surface area (Å²) < 4.78 is 0. The van der Waals surface area contributed by atoms with Gasteiger partial charge in [0.2, 0.25) is 0 Å². The monoisotopic (exact) mass is 144 g/mol. The zero-order valence-corrected chi connectivity index (χ0v) is 7.59. The highest BCUT2D eigenvalue weighted by molar-refractivity contribution is 4.63. The number of hydrogen-bond donors (Lipinski definition) is 1. The first-order valence-electron chi connectivity index (χ1n) is 4.26. The predicted molar refractivity (Wildman–Crippen MR) is 44.9 cm³/mol. The second-order valence-electron chi connectivity index (χ2n) is 3.56. The van der Waals surface area contributed by atoms with Crippen LogP contribution in [0.25, 0.3) is 0 Å². The Balaban J connectivity index is 3.46. The second-order valence-corrected chi connectivity index (χ2v) is 3.56. The van der Waals surface area contributed by atoms with Crippen LogP contribution in [-0.2, 0) is 0 Å². The van der Waals surface area contributed by atoms with Gasteiger partial charge in [-0.25, -0.2) is 0 Å². The molecule has 0 spiro atoms. The molecule has 2 atom stereocenters. The first-order chi connectivity index (χ1) is 4.57. The van der Waals surface area contributed by atoms with Crippen molar-refractivity contribution in [2.75, 3.05) is 0 Å². The maximum atomic E-state index is 9.43. The zero-order valence-electron chi connectivity index (χ0n) is 7.59. The Bertz CT molecular complexity index is 78.8. The summed E-state index contributed by atoms with van der Waals surface area (Å²) in [6, 6.07) is 0. The van der Waals surface area contributed by atoms with Crippen LogP contribution in [-0.4, -0.2) is 11.2 Å². The number of rotatable bonds is 4. The Morgan fingerprint density at radius 1 is 1.20 bits per heavy atom. The van der Waals surface area contributed by atoms with Crippen LogP contribution in [0.4, 0.5) is 0 Å². The average Bonchev–Trinajstić information content (AvgIpc) is 1.87.